The molecule has 1 N–H and O–H groups in total. The van der Waals surface area contributed by atoms with Crippen molar-refractivity contribution < 1.29 is 33.6 Å². The average molecular weight is 904 g/mol. The van der Waals surface area contributed by atoms with Crippen LogP contribution in [0.4, 0.5) is 22.0 Å². The number of nitrogens with zero attached hydrogens (tertiary/aromatic N) is 7. The number of hydrogen-bond donors (Lipinski definition) is 1. The summed E-state index contributed by atoms with van der Waals surface area (Å²) in [5.74, 6) is 1.63. The van der Waals surface area contributed by atoms with Crippen LogP contribution in [0.15, 0.2) is 151 Å². The van der Waals surface area contributed by atoms with Gasteiger partial charge in [0.2, 0.25) is 0 Å². The van der Waals surface area contributed by atoms with Gasteiger partial charge >= 0.3 is 12.1 Å². The molecule has 0 spiro atoms. The first-order chi connectivity index (χ1) is 32.8. The smallest absolute Gasteiger partial charge is 0.426 e. The molecule has 1 amide bonds. The van der Waals surface area contributed by atoms with Gasteiger partial charge in [-0.25, -0.2) is 19.7 Å². The van der Waals surface area contributed by atoms with Crippen LogP contribution < -0.4 is 19.1 Å². The molecule has 0 saturated carbocycles. The molecule has 1 aliphatic heterocycles. The summed E-state index contributed by atoms with van der Waals surface area (Å²) < 4.78 is 32.6. The molecule has 8 rings (SSSR count). The first kappa shape index (κ1) is 46.4. The number of ether oxygens (including phenoxy) is 5. The summed E-state index contributed by atoms with van der Waals surface area (Å²) in [5, 5.41) is 11.8. The van der Waals surface area contributed by atoms with Gasteiger partial charge < -0.3 is 33.7 Å². The van der Waals surface area contributed by atoms with Crippen LogP contribution in [-0.2, 0) is 15.1 Å². The second-order valence-corrected chi connectivity index (χ2v) is 16.3. The van der Waals surface area contributed by atoms with Crippen molar-refractivity contribution in [2.45, 2.75) is 70.0 Å². The van der Waals surface area contributed by atoms with E-state index in [4.69, 9.17) is 38.6 Å². The highest BCUT2D eigenvalue weighted by Crippen LogP contribution is 2.43. The highest BCUT2D eigenvalue weighted by Gasteiger charge is 2.42. The molecule has 3 atom stereocenters. The molecule has 0 bridgehead atoms. The summed E-state index contributed by atoms with van der Waals surface area (Å²) in [6.07, 6.45) is 4.49. The van der Waals surface area contributed by atoms with Gasteiger partial charge in [-0.15, -0.1) is 0 Å². The molecule has 3 heterocycles. The molecular formula is C53H57N7O7. The van der Waals surface area contributed by atoms with Gasteiger partial charge in [-0.1, -0.05) is 118 Å². The van der Waals surface area contributed by atoms with Crippen molar-refractivity contribution in [1.29, 1.82) is 0 Å². The van der Waals surface area contributed by atoms with Crippen molar-refractivity contribution in [1.82, 2.24) is 24.4 Å². The zero-order valence-corrected chi connectivity index (χ0v) is 38.3. The number of aliphatic imine (C=N–C) groups is 1. The highest BCUT2D eigenvalue weighted by atomic mass is 16.6. The number of aromatic nitrogens is 4. The number of fused-ring (bicyclic) bond motifs is 1. The fourth-order valence-electron chi connectivity index (χ4n) is 8.27. The van der Waals surface area contributed by atoms with Gasteiger partial charge in [0.25, 0.3) is 0 Å². The van der Waals surface area contributed by atoms with E-state index in [2.05, 4.69) is 23.7 Å². The molecule has 14 nitrogen and oxygen atoms in total. The molecule has 1 saturated heterocycles. The van der Waals surface area contributed by atoms with E-state index in [1.54, 1.807) is 31.5 Å². The molecular weight excluding hydrogens is 847 g/mol. The van der Waals surface area contributed by atoms with Crippen LogP contribution in [0, 0.1) is 0 Å². The molecule has 0 unspecified atom stereocenters. The van der Waals surface area contributed by atoms with E-state index in [1.807, 2.05) is 140 Å². The van der Waals surface area contributed by atoms with Crippen molar-refractivity contribution in [3.05, 3.63) is 163 Å². The number of unbranched alkanes of at least 4 members (excludes halogenated alkanes) is 2. The molecule has 2 aromatic heterocycles. The average Bonchev–Trinajstić information content (AvgIpc) is 3.98. The lowest BCUT2D eigenvalue weighted by Crippen LogP contribution is -2.38. The van der Waals surface area contributed by atoms with Gasteiger partial charge in [0.05, 0.1) is 51.0 Å². The monoisotopic (exact) mass is 903 g/mol. The number of aliphatic hydroxyl groups is 1. The first-order valence-electron chi connectivity index (χ1n) is 22.8. The Balaban J connectivity index is 1.14. The fourth-order valence-corrected chi connectivity index (χ4v) is 8.27. The summed E-state index contributed by atoms with van der Waals surface area (Å²) in [5.41, 5.74) is 3.34. The predicted molar refractivity (Wildman–Crippen MR) is 259 cm³/mol. The lowest BCUT2D eigenvalue weighted by molar-refractivity contribution is -0.0931. The third-order valence-corrected chi connectivity index (χ3v) is 11.9. The fraction of sp³-hybridized carbons (Fsp3) is 0.302. The number of methoxy groups -OCH3 is 2. The molecule has 346 valence electrons. The van der Waals surface area contributed by atoms with Gasteiger partial charge in [0, 0.05) is 19.5 Å². The van der Waals surface area contributed by atoms with Crippen LogP contribution in [0.3, 0.4) is 0 Å². The van der Waals surface area contributed by atoms with Gasteiger partial charge in [0.1, 0.15) is 29.4 Å². The van der Waals surface area contributed by atoms with E-state index in [9.17, 15) is 9.90 Å². The van der Waals surface area contributed by atoms with Crippen molar-refractivity contribution in [3.8, 4) is 17.5 Å². The van der Waals surface area contributed by atoms with Gasteiger partial charge in [-0.2, -0.15) is 9.97 Å². The highest BCUT2D eigenvalue weighted by molar-refractivity contribution is 5.97. The summed E-state index contributed by atoms with van der Waals surface area (Å²) >= 11 is 0. The summed E-state index contributed by atoms with van der Waals surface area (Å²) in [6.45, 7) is 5.97. The van der Waals surface area contributed by atoms with Gasteiger partial charge in [-0.05, 0) is 78.1 Å². The minimum atomic E-state index is -1.13. The molecule has 0 radical (unpaired) electrons. The molecule has 1 aliphatic rings. The SMILES string of the molecule is CCCCN(C=Nc1nc(OC(=O)N(c2ccccc2)c2ccccc2)nc2c1ncn2[C@H]1C[C@H](O)[C@@H](COC(c2ccccc2)(c2ccc(OC)cc2)c2ccc(OC)cc2)O1)CCCC. The Kier molecular flexibility index (Phi) is 15.2. The third-order valence-electron chi connectivity index (χ3n) is 11.9. The zero-order chi connectivity index (χ0) is 46.6. The van der Waals surface area contributed by atoms with Crippen LogP contribution in [0.25, 0.3) is 11.2 Å². The van der Waals surface area contributed by atoms with Crippen molar-refractivity contribution >= 4 is 40.8 Å². The molecule has 5 aromatic carbocycles. The number of hydrogen-bond acceptors (Lipinski definition) is 11. The summed E-state index contributed by atoms with van der Waals surface area (Å²) in [4.78, 5) is 36.9. The van der Waals surface area contributed by atoms with Crippen LogP contribution >= 0.6 is 0 Å². The Labute approximate surface area is 391 Å². The molecule has 0 aliphatic carbocycles. The lowest BCUT2D eigenvalue weighted by atomic mass is 9.80. The van der Waals surface area contributed by atoms with Crippen molar-refractivity contribution in [3.63, 3.8) is 0 Å². The Bertz CT molecular complexity index is 2590. The van der Waals surface area contributed by atoms with Crippen LogP contribution in [0.5, 0.6) is 17.5 Å². The Hall–Kier alpha value is -7.13. The van der Waals surface area contributed by atoms with E-state index in [0.29, 0.717) is 34.0 Å². The van der Waals surface area contributed by atoms with E-state index < -0.39 is 30.1 Å². The maximum absolute atomic E-state index is 14.2. The number of carbonyl (C=O) groups is 1. The number of rotatable bonds is 20. The summed E-state index contributed by atoms with van der Waals surface area (Å²) in [6, 6.07) is 43.8. The predicted octanol–water partition coefficient (Wildman–Crippen LogP) is 10.4. The number of anilines is 2. The third kappa shape index (κ3) is 10.5. The standard InChI is InChI=1S/C53H57N7O7/c1-5-7-32-58(33-8-6-2)36-55-49-48-50(57-51(56-49)67-52(62)60(41-20-14-10-15-21-41)42-22-16-11-17-23-42)59(37-54-48)47-34-45(61)46(66-47)35-65-53(38-18-12-9-13-19-38,39-24-28-43(63-3)29-25-39)40-26-30-44(64-4)31-27-40/h9-31,36-37,45-47,61H,5-8,32-35H2,1-4H3/t45-,46+,47+/m0/s1. The Morgan fingerprint density at radius 3 is 1.85 bits per heavy atom. The number of amides is 1. The summed E-state index contributed by atoms with van der Waals surface area (Å²) in [7, 11) is 3.27. The van der Waals surface area contributed by atoms with Gasteiger partial charge in [-0.3, -0.25) is 4.57 Å². The van der Waals surface area contributed by atoms with Crippen LogP contribution in [-0.4, -0.2) is 88.1 Å². The van der Waals surface area contributed by atoms with Gasteiger partial charge in [0.15, 0.2) is 17.0 Å². The van der Waals surface area contributed by atoms with E-state index in [1.165, 1.54) is 4.90 Å². The van der Waals surface area contributed by atoms with E-state index in [0.717, 1.165) is 55.5 Å². The maximum atomic E-state index is 14.2. The van der Waals surface area contributed by atoms with Crippen molar-refractivity contribution in [2.75, 3.05) is 38.8 Å². The number of carbonyl (C=O) groups excluding carboxylic acids is 1. The first-order valence-corrected chi connectivity index (χ1v) is 22.8. The minimum absolute atomic E-state index is 0.00476. The largest absolute Gasteiger partial charge is 0.497 e. The molecule has 14 heteroatoms. The van der Waals surface area contributed by atoms with E-state index in [-0.39, 0.29) is 24.9 Å². The topological polar surface area (TPSA) is 146 Å². The molecule has 67 heavy (non-hydrogen) atoms. The molecule has 1 fully saturated rings. The van der Waals surface area contributed by atoms with E-state index >= 15 is 0 Å². The zero-order valence-electron chi connectivity index (χ0n) is 38.3. The number of aliphatic hydroxyl groups excluding tert-OH is 1. The number of para-hydroxylation sites is 2. The molecule has 7 aromatic rings. The maximum Gasteiger partial charge on any atom is 0.426 e. The van der Waals surface area contributed by atoms with Crippen LogP contribution in [0.1, 0.15) is 68.9 Å². The Morgan fingerprint density at radius 1 is 0.776 bits per heavy atom. The Morgan fingerprint density at radius 2 is 1.31 bits per heavy atom. The number of imidazole rings is 1. The lowest BCUT2D eigenvalue weighted by Gasteiger charge is -2.37. The van der Waals surface area contributed by atoms with Crippen molar-refractivity contribution in [2.24, 2.45) is 4.99 Å². The van der Waals surface area contributed by atoms with Crippen LogP contribution in [0.2, 0.25) is 0 Å². The quantitative estimate of drug-likeness (QED) is 0.0443. The number of benzene rings is 5. The second kappa shape index (κ2) is 21.9. The second-order valence-electron chi connectivity index (χ2n) is 16.3. The minimum Gasteiger partial charge on any atom is -0.497 e. The normalized spacial score (nSPS) is 16.0.